The normalized spacial score (nSPS) is 16.1. The van der Waals surface area contributed by atoms with Crippen molar-refractivity contribution in [2.24, 2.45) is 0 Å². The van der Waals surface area contributed by atoms with Crippen LogP contribution in [0.4, 0.5) is 5.13 Å². The highest BCUT2D eigenvalue weighted by Crippen LogP contribution is 2.24. The number of aromatic nitrogens is 1. The monoisotopic (exact) mass is 269 g/mol. The summed E-state index contributed by atoms with van der Waals surface area (Å²) in [6.07, 6.45) is 2.59. The second kappa shape index (κ2) is 5.67. The van der Waals surface area contributed by atoms with E-state index in [9.17, 15) is 4.79 Å². The molecule has 2 heterocycles. The third-order valence-electron chi connectivity index (χ3n) is 3.26. The molecule has 1 aromatic rings. The van der Waals surface area contributed by atoms with Crippen LogP contribution >= 0.6 is 11.3 Å². The fraction of sp³-hybridized carbons (Fsp3) is 0.667. The molecule has 0 unspecified atom stereocenters. The molecule has 0 radical (unpaired) electrons. The first-order chi connectivity index (χ1) is 8.58. The first kappa shape index (κ1) is 13.3. The molecule has 0 aliphatic carbocycles. The Bertz CT molecular complexity index is 427. The summed E-state index contributed by atoms with van der Waals surface area (Å²) in [5.74, 6) is -0.942. The summed E-state index contributed by atoms with van der Waals surface area (Å²) in [6, 6.07) is 0. The van der Waals surface area contributed by atoms with Gasteiger partial charge in [0.25, 0.3) is 0 Å². The summed E-state index contributed by atoms with van der Waals surface area (Å²) < 4.78 is 0. The van der Waals surface area contributed by atoms with Gasteiger partial charge in [-0.15, -0.1) is 11.3 Å². The molecule has 0 atom stereocenters. The smallest absolute Gasteiger partial charge is 0.355 e. The van der Waals surface area contributed by atoms with Crippen molar-refractivity contribution in [2.45, 2.75) is 19.8 Å². The zero-order chi connectivity index (χ0) is 13.1. The Morgan fingerprint density at radius 1 is 1.50 bits per heavy atom. The molecule has 2 rings (SSSR count). The van der Waals surface area contributed by atoms with Gasteiger partial charge in [0.2, 0.25) is 0 Å². The Morgan fingerprint density at radius 3 is 2.72 bits per heavy atom. The molecule has 6 heteroatoms. The van der Waals surface area contributed by atoms with Crippen molar-refractivity contribution in [3.05, 3.63) is 10.6 Å². The number of anilines is 1. The molecule has 1 N–H and O–H groups in total. The van der Waals surface area contributed by atoms with Gasteiger partial charge in [0, 0.05) is 25.0 Å². The van der Waals surface area contributed by atoms with Gasteiger partial charge in [0.15, 0.2) is 10.8 Å². The molecule has 1 fully saturated rings. The van der Waals surface area contributed by atoms with Crippen LogP contribution in [-0.2, 0) is 0 Å². The van der Waals surface area contributed by atoms with Gasteiger partial charge < -0.3 is 14.9 Å². The molecule has 0 saturated carbocycles. The van der Waals surface area contributed by atoms with E-state index in [1.165, 1.54) is 37.3 Å². The summed E-state index contributed by atoms with van der Waals surface area (Å²) in [5, 5.41) is 9.78. The van der Waals surface area contributed by atoms with Gasteiger partial charge in [-0.3, -0.25) is 0 Å². The average molecular weight is 269 g/mol. The zero-order valence-corrected chi connectivity index (χ0v) is 11.7. The predicted octanol–water partition coefficient (Wildman–Crippen LogP) is 1.68. The van der Waals surface area contributed by atoms with Gasteiger partial charge in [-0.1, -0.05) is 0 Å². The lowest BCUT2D eigenvalue weighted by Gasteiger charge is -2.20. The van der Waals surface area contributed by atoms with Gasteiger partial charge >= 0.3 is 5.97 Å². The first-order valence-corrected chi connectivity index (χ1v) is 7.04. The molecule has 1 aromatic heterocycles. The second-order valence-corrected chi connectivity index (χ2v) is 5.86. The number of likely N-dealkylation sites (tertiary alicyclic amines) is 1. The predicted molar refractivity (Wildman–Crippen MR) is 72.8 cm³/mol. The molecular weight excluding hydrogens is 250 g/mol. The average Bonchev–Trinajstić information content (AvgIpc) is 2.94. The number of thiazole rings is 1. The number of rotatable bonds is 5. The molecule has 1 aliphatic heterocycles. The molecule has 0 aromatic carbocycles. The highest BCUT2D eigenvalue weighted by molar-refractivity contribution is 7.15. The van der Waals surface area contributed by atoms with Crippen LogP contribution < -0.4 is 4.90 Å². The number of carboxylic acid groups (broad SMARTS) is 1. The van der Waals surface area contributed by atoms with Crippen molar-refractivity contribution in [2.75, 3.05) is 38.1 Å². The van der Waals surface area contributed by atoms with E-state index in [0.717, 1.165) is 23.1 Å². The van der Waals surface area contributed by atoms with Gasteiger partial charge in [-0.05, 0) is 32.9 Å². The van der Waals surface area contributed by atoms with E-state index < -0.39 is 5.97 Å². The van der Waals surface area contributed by atoms with Crippen LogP contribution in [0.1, 0.15) is 28.2 Å². The van der Waals surface area contributed by atoms with E-state index in [-0.39, 0.29) is 5.69 Å². The number of likely N-dealkylation sites (N-methyl/N-ethyl adjacent to an activating group) is 1. The van der Waals surface area contributed by atoms with Crippen LogP contribution in [0.5, 0.6) is 0 Å². The molecule has 1 saturated heterocycles. The molecule has 100 valence electrons. The summed E-state index contributed by atoms with van der Waals surface area (Å²) in [4.78, 5) is 20.4. The Labute approximate surface area is 111 Å². The third kappa shape index (κ3) is 3.00. The molecular formula is C12H19N3O2S. The minimum absolute atomic E-state index is 0.183. The molecule has 0 amide bonds. The summed E-state index contributed by atoms with van der Waals surface area (Å²) in [6.45, 7) is 6.10. The van der Waals surface area contributed by atoms with E-state index in [2.05, 4.69) is 9.88 Å². The number of nitrogens with zero attached hydrogens (tertiary/aromatic N) is 3. The Morgan fingerprint density at radius 2 is 2.17 bits per heavy atom. The van der Waals surface area contributed by atoms with Crippen molar-refractivity contribution in [1.82, 2.24) is 9.88 Å². The summed E-state index contributed by atoms with van der Waals surface area (Å²) in [5.41, 5.74) is 0.183. The first-order valence-electron chi connectivity index (χ1n) is 6.22. The number of carbonyl (C=O) groups is 1. The van der Waals surface area contributed by atoms with Crippen molar-refractivity contribution in [3.63, 3.8) is 0 Å². The third-order valence-corrected chi connectivity index (χ3v) is 4.35. The maximum atomic E-state index is 10.9. The van der Waals surface area contributed by atoms with Gasteiger partial charge in [0.1, 0.15) is 0 Å². The van der Waals surface area contributed by atoms with Crippen LogP contribution in [0.25, 0.3) is 0 Å². The number of aryl methyl sites for hydroxylation is 1. The Kier molecular flexibility index (Phi) is 4.19. The van der Waals surface area contributed by atoms with Crippen molar-refractivity contribution < 1.29 is 9.90 Å². The number of hydrogen-bond donors (Lipinski definition) is 1. The lowest BCUT2D eigenvalue weighted by atomic mass is 10.4. The minimum atomic E-state index is -0.942. The van der Waals surface area contributed by atoms with E-state index in [1.807, 2.05) is 11.9 Å². The lowest BCUT2D eigenvalue weighted by molar-refractivity contribution is 0.0690. The number of carboxylic acids is 1. The molecule has 5 nitrogen and oxygen atoms in total. The molecule has 18 heavy (non-hydrogen) atoms. The zero-order valence-electron chi connectivity index (χ0n) is 10.8. The van der Waals surface area contributed by atoms with Crippen molar-refractivity contribution in [3.8, 4) is 0 Å². The van der Waals surface area contributed by atoms with Crippen molar-refractivity contribution in [1.29, 1.82) is 0 Å². The summed E-state index contributed by atoms with van der Waals surface area (Å²) >= 11 is 1.45. The second-order valence-electron chi connectivity index (χ2n) is 4.68. The molecule has 0 spiro atoms. The maximum Gasteiger partial charge on any atom is 0.355 e. The fourth-order valence-corrected chi connectivity index (χ4v) is 3.02. The van der Waals surface area contributed by atoms with Crippen LogP contribution in [-0.4, -0.2) is 54.2 Å². The Hall–Kier alpha value is -1.14. The molecule has 0 bridgehead atoms. The highest BCUT2D eigenvalue weighted by Gasteiger charge is 2.17. The van der Waals surface area contributed by atoms with Gasteiger partial charge in [-0.2, -0.15) is 0 Å². The van der Waals surface area contributed by atoms with Crippen LogP contribution in [0.3, 0.4) is 0 Å². The summed E-state index contributed by atoms with van der Waals surface area (Å²) in [7, 11) is 1.97. The lowest BCUT2D eigenvalue weighted by Crippen LogP contribution is -2.31. The van der Waals surface area contributed by atoms with E-state index in [1.54, 1.807) is 6.92 Å². The molecule has 1 aliphatic rings. The standard InChI is InChI=1S/C12H19N3O2S/c1-9-10(11(16)17)13-12(18-9)14(2)7-8-15-5-3-4-6-15/h3-8H2,1-2H3,(H,16,17). The van der Waals surface area contributed by atoms with Crippen molar-refractivity contribution >= 4 is 22.4 Å². The number of hydrogen-bond acceptors (Lipinski definition) is 5. The largest absolute Gasteiger partial charge is 0.476 e. The van der Waals surface area contributed by atoms with E-state index in [0.29, 0.717) is 0 Å². The van der Waals surface area contributed by atoms with E-state index >= 15 is 0 Å². The van der Waals surface area contributed by atoms with Crippen LogP contribution in [0.15, 0.2) is 0 Å². The van der Waals surface area contributed by atoms with Gasteiger partial charge in [0.05, 0.1) is 0 Å². The Balaban J connectivity index is 1.93. The van der Waals surface area contributed by atoms with Crippen LogP contribution in [0, 0.1) is 6.92 Å². The van der Waals surface area contributed by atoms with Crippen LogP contribution in [0.2, 0.25) is 0 Å². The minimum Gasteiger partial charge on any atom is -0.476 e. The number of aromatic carboxylic acids is 1. The van der Waals surface area contributed by atoms with Gasteiger partial charge in [-0.25, -0.2) is 9.78 Å². The fourth-order valence-electron chi connectivity index (χ4n) is 2.14. The SMILES string of the molecule is Cc1sc(N(C)CCN2CCCC2)nc1C(=O)O. The quantitative estimate of drug-likeness (QED) is 0.881. The maximum absolute atomic E-state index is 10.9. The topological polar surface area (TPSA) is 56.7 Å². The van der Waals surface area contributed by atoms with E-state index in [4.69, 9.17) is 5.11 Å². The highest BCUT2D eigenvalue weighted by atomic mass is 32.1.